The number of benzene rings is 2. The molecule has 0 spiro atoms. The second-order valence-electron chi connectivity index (χ2n) is 7.54. The quantitative estimate of drug-likeness (QED) is 0.394. The van der Waals surface area contributed by atoms with Gasteiger partial charge in [0.25, 0.3) is 11.5 Å². The molecule has 5 aromatic rings. The number of aromatic nitrogens is 5. The van der Waals surface area contributed by atoms with Crippen molar-refractivity contribution < 1.29 is 5.11 Å². The Balaban J connectivity index is 1.75. The highest BCUT2D eigenvalue weighted by Crippen LogP contribution is 2.36. The Kier molecular flexibility index (Phi) is 4.86. The number of nitrogens with one attached hydrogen (secondary N) is 1. The second-order valence-corrected chi connectivity index (χ2v) is 7.94. The van der Waals surface area contributed by atoms with Gasteiger partial charge in [-0.2, -0.15) is 4.98 Å². The topological polar surface area (TPSA) is 123 Å². The molecule has 0 saturated carbocycles. The van der Waals surface area contributed by atoms with Crippen molar-refractivity contribution in [3.63, 3.8) is 0 Å². The Hall–Kier alpha value is -4.18. The molecule has 0 radical (unpaired) electrons. The number of aryl methyl sites for hydroxylation is 1. The minimum atomic E-state index is -0.510. The number of fused-ring (bicyclic) bond motifs is 2. The van der Waals surface area contributed by atoms with Crippen molar-refractivity contribution in [3.8, 4) is 5.88 Å². The summed E-state index contributed by atoms with van der Waals surface area (Å²) in [5, 5.41) is 20.0. The van der Waals surface area contributed by atoms with Crippen molar-refractivity contribution in [1.82, 2.24) is 23.7 Å². The molecule has 3 heterocycles. The lowest BCUT2D eigenvalue weighted by molar-refractivity contribution is 0.459. The summed E-state index contributed by atoms with van der Waals surface area (Å²) in [6, 6.07) is 14.5. The van der Waals surface area contributed by atoms with Gasteiger partial charge in [0.05, 0.1) is 12.1 Å². The molecule has 0 amide bonds. The number of nitrogens with zero attached hydrogens (tertiary/aromatic N) is 6. The summed E-state index contributed by atoms with van der Waals surface area (Å²) in [5.74, 6) is -0.0510. The van der Waals surface area contributed by atoms with Crippen LogP contribution in [-0.2, 0) is 20.6 Å². The normalized spacial score (nSPS) is 11.8. The maximum atomic E-state index is 13.0. The zero-order chi connectivity index (χ0) is 23.3. The van der Waals surface area contributed by atoms with Gasteiger partial charge in [-0.1, -0.05) is 48.0 Å². The first-order valence-corrected chi connectivity index (χ1v) is 10.4. The van der Waals surface area contributed by atoms with Crippen molar-refractivity contribution in [3.05, 3.63) is 80.0 Å². The number of hydrogen-bond acceptors (Lipinski definition) is 6. The van der Waals surface area contributed by atoms with Crippen LogP contribution in [0.15, 0.2) is 68.3 Å². The van der Waals surface area contributed by atoms with Crippen molar-refractivity contribution in [2.75, 3.05) is 0 Å². The lowest BCUT2D eigenvalue weighted by Crippen LogP contribution is -2.37. The van der Waals surface area contributed by atoms with Crippen LogP contribution >= 0.6 is 11.6 Å². The van der Waals surface area contributed by atoms with E-state index in [2.05, 4.69) is 20.2 Å². The van der Waals surface area contributed by atoms with E-state index in [1.807, 2.05) is 24.3 Å². The molecule has 0 bridgehead atoms. The molecule has 0 aliphatic carbocycles. The van der Waals surface area contributed by atoms with Gasteiger partial charge in [-0.25, -0.2) is 4.79 Å². The van der Waals surface area contributed by atoms with Gasteiger partial charge in [0.1, 0.15) is 0 Å². The molecule has 0 aliphatic heterocycles. The minimum absolute atomic E-state index is 0.0906. The molecular weight excluding hydrogens is 446 g/mol. The Morgan fingerprint density at radius 1 is 1.03 bits per heavy atom. The van der Waals surface area contributed by atoms with Crippen LogP contribution < -0.4 is 11.2 Å². The number of imidazole rings is 1. The van der Waals surface area contributed by atoms with Gasteiger partial charge in [-0.3, -0.25) is 18.5 Å². The van der Waals surface area contributed by atoms with Crippen LogP contribution in [0, 0.1) is 0 Å². The van der Waals surface area contributed by atoms with Crippen LogP contribution in [0.4, 0.5) is 11.6 Å². The van der Waals surface area contributed by atoms with Crippen LogP contribution in [-0.4, -0.2) is 28.8 Å². The fourth-order valence-corrected chi connectivity index (χ4v) is 3.96. The molecule has 166 valence electrons. The van der Waals surface area contributed by atoms with Crippen molar-refractivity contribution in [2.45, 2.75) is 6.54 Å². The molecule has 0 saturated heterocycles. The number of halogens is 1. The fourth-order valence-electron chi connectivity index (χ4n) is 3.77. The monoisotopic (exact) mass is 463 g/mol. The summed E-state index contributed by atoms with van der Waals surface area (Å²) in [4.78, 5) is 32.7. The van der Waals surface area contributed by atoms with Gasteiger partial charge in [-0.05, 0) is 17.7 Å². The zero-order valence-corrected chi connectivity index (χ0v) is 18.4. The number of aromatic amines is 1. The molecule has 11 heteroatoms. The van der Waals surface area contributed by atoms with Gasteiger partial charge < -0.3 is 10.1 Å². The fraction of sp³-hybridized carbons (Fsp3) is 0.136. The number of hydrogen-bond donors (Lipinski definition) is 2. The maximum absolute atomic E-state index is 13.0. The minimum Gasteiger partial charge on any atom is -0.493 e. The summed E-state index contributed by atoms with van der Waals surface area (Å²) in [7, 11) is 2.94. The van der Waals surface area contributed by atoms with Gasteiger partial charge >= 0.3 is 5.69 Å². The number of azo groups is 1. The van der Waals surface area contributed by atoms with E-state index in [1.54, 1.807) is 28.8 Å². The van der Waals surface area contributed by atoms with Crippen LogP contribution in [0.2, 0.25) is 5.02 Å². The first-order valence-electron chi connectivity index (χ1n) is 9.98. The summed E-state index contributed by atoms with van der Waals surface area (Å²) >= 11 is 6.35. The van der Waals surface area contributed by atoms with E-state index in [0.29, 0.717) is 15.9 Å². The van der Waals surface area contributed by atoms with Crippen LogP contribution in [0.3, 0.4) is 0 Å². The maximum Gasteiger partial charge on any atom is 0.332 e. The third-order valence-electron chi connectivity index (χ3n) is 5.51. The molecule has 0 aliphatic rings. The molecule has 10 nitrogen and oxygen atoms in total. The highest BCUT2D eigenvalue weighted by molar-refractivity contribution is 6.31. The lowest BCUT2D eigenvalue weighted by atomic mass is 10.2. The Morgan fingerprint density at radius 2 is 1.76 bits per heavy atom. The molecular formula is C22H18ClN7O3. The predicted octanol–water partition coefficient (Wildman–Crippen LogP) is 3.74. The first-order chi connectivity index (χ1) is 15.9. The predicted molar refractivity (Wildman–Crippen MR) is 125 cm³/mol. The van der Waals surface area contributed by atoms with Crippen molar-refractivity contribution >= 4 is 45.3 Å². The Morgan fingerprint density at radius 3 is 2.55 bits per heavy atom. The van der Waals surface area contributed by atoms with E-state index in [4.69, 9.17) is 11.6 Å². The molecule has 0 fully saturated rings. The smallest absolute Gasteiger partial charge is 0.332 e. The highest BCUT2D eigenvalue weighted by Gasteiger charge is 2.20. The summed E-state index contributed by atoms with van der Waals surface area (Å²) in [6.45, 7) is 0.178. The molecule has 2 aromatic carbocycles. The summed E-state index contributed by atoms with van der Waals surface area (Å²) in [6.07, 6.45) is 0. The number of H-pyrrole nitrogens is 1. The third kappa shape index (κ3) is 3.31. The van der Waals surface area contributed by atoms with E-state index < -0.39 is 11.2 Å². The molecule has 5 rings (SSSR count). The average Bonchev–Trinajstić information content (AvgIpc) is 3.33. The largest absolute Gasteiger partial charge is 0.493 e. The number of para-hydroxylation sites is 1. The number of rotatable bonds is 4. The lowest BCUT2D eigenvalue weighted by Gasteiger charge is -2.09. The average molecular weight is 464 g/mol. The molecule has 0 unspecified atom stereocenters. The summed E-state index contributed by atoms with van der Waals surface area (Å²) < 4.78 is 3.86. The second kappa shape index (κ2) is 7.75. The zero-order valence-electron chi connectivity index (χ0n) is 17.7. The SMILES string of the molecule is Cn1c(=O)c2c(nc(N=Nc3c(O)[nH]c4ccccc34)n2Cc2ccccc2Cl)n(C)c1=O. The van der Waals surface area contributed by atoms with Gasteiger partial charge in [0, 0.05) is 24.5 Å². The van der Waals surface area contributed by atoms with Crippen LogP contribution in [0.25, 0.3) is 22.1 Å². The highest BCUT2D eigenvalue weighted by atomic mass is 35.5. The molecule has 0 atom stereocenters. The molecule has 3 aromatic heterocycles. The van der Waals surface area contributed by atoms with Gasteiger partial charge in [-0.15, -0.1) is 10.2 Å². The third-order valence-corrected chi connectivity index (χ3v) is 5.88. The first kappa shape index (κ1) is 20.7. The van der Waals surface area contributed by atoms with Crippen molar-refractivity contribution in [2.24, 2.45) is 24.3 Å². The Labute approximate surface area is 191 Å². The van der Waals surface area contributed by atoms with E-state index in [1.165, 1.54) is 18.7 Å². The van der Waals surface area contributed by atoms with Crippen LogP contribution in [0.1, 0.15) is 5.56 Å². The summed E-state index contributed by atoms with van der Waals surface area (Å²) in [5.41, 5.74) is 1.02. The van der Waals surface area contributed by atoms with E-state index in [0.717, 1.165) is 10.1 Å². The van der Waals surface area contributed by atoms with E-state index in [-0.39, 0.29) is 35.2 Å². The van der Waals surface area contributed by atoms with Crippen molar-refractivity contribution in [1.29, 1.82) is 0 Å². The van der Waals surface area contributed by atoms with Gasteiger partial charge in [0.2, 0.25) is 5.88 Å². The standard InChI is InChI=1S/C22H18ClN7O3/c1-28-18-17(20(32)29(2)22(28)33)30(11-12-7-3-5-9-14(12)23)21(25-18)27-26-16-13-8-4-6-10-15(13)24-19(16)31/h3-10,24,31H,11H2,1-2H3. The molecule has 33 heavy (non-hydrogen) atoms. The van der Waals surface area contributed by atoms with Gasteiger partial charge in [0.15, 0.2) is 16.9 Å². The van der Waals surface area contributed by atoms with E-state index >= 15 is 0 Å². The van der Waals surface area contributed by atoms with E-state index in [9.17, 15) is 14.7 Å². The number of aromatic hydroxyl groups is 1. The van der Waals surface area contributed by atoms with Crippen LogP contribution in [0.5, 0.6) is 5.88 Å². The Bertz CT molecular complexity index is 1690. The molecule has 2 N–H and O–H groups in total.